The molecule has 7 aromatic rings. The number of carbonyl (C=O) groups is 3. The zero-order chi connectivity index (χ0) is 49.8. The topological polar surface area (TPSA) is 136 Å². The number of hydrogen-bond donors (Lipinski definition) is 2. The van der Waals surface area contributed by atoms with Crippen molar-refractivity contribution in [2.24, 2.45) is 0 Å². The second-order valence-corrected chi connectivity index (χ2v) is 30.4. The van der Waals surface area contributed by atoms with Crippen LogP contribution in [0.4, 0.5) is 0 Å². The van der Waals surface area contributed by atoms with E-state index in [0.717, 1.165) is 94.1 Å². The molecule has 9 rings (SSSR count). The minimum Gasteiger partial charge on any atom is -0.465 e. The van der Waals surface area contributed by atoms with Crippen molar-refractivity contribution in [1.82, 2.24) is 19.9 Å². The lowest BCUT2D eigenvalue weighted by Crippen LogP contribution is -2.38. The molecule has 0 atom stereocenters. The van der Waals surface area contributed by atoms with Crippen LogP contribution in [0.3, 0.4) is 0 Å². The van der Waals surface area contributed by atoms with E-state index in [1.807, 2.05) is 80.6 Å². The number of H-pyrrole nitrogens is 2. The van der Waals surface area contributed by atoms with Gasteiger partial charge in [0.05, 0.1) is 64.3 Å². The first-order valence-corrected chi connectivity index (χ1v) is 30.3. The molecular weight excluding hydrogens is 905 g/mol. The largest absolute Gasteiger partial charge is 0.465 e. The monoisotopic (exact) mass is 960 g/mol. The smallest absolute Gasteiger partial charge is 0.337 e. The average Bonchev–Trinajstić information content (AvgIpc) is 4.16. The standard InChI is InChI=1S/C58H56N4O6Si2/c1-33-20-36(26-40(23-33)57(64)66-4)53-45-12-14-47(59-45)54(37-21-34(2)24-42(28-37)68-32-63)48-15-16-49(61-48)55(38-22-35(3)25-43(29-38)69(6,7)8)50-17-19-52(62-50)56(51-18-13-46(53)60-51)39-27-41(58(65)67-5)31-44(30-39)70(9,10)11/h12-32,60-61H,1-11H3. The van der Waals surface area contributed by atoms with Crippen LogP contribution in [0.1, 0.15) is 60.2 Å². The number of fused-ring (bicyclic) bond motifs is 8. The molecule has 0 radical (unpaired) electrons. The van der Waals surface area contributed by atoms with Crippen molar-refractivity contribution >= 4 is 91.3 Å². The SMILES string of the molecule is COC(=O)c1cc(C)cc(-c2c3nc(c(-c4cc(C)cc(OC=O)c4)c4ccc([nH]4)c(-c4cc(C)cc([Si](C)(C)C)c4)c4nc(c(-c5cc(C(=O)OC)cc([Si](C)(C)C)c5)c5ccc2[nH]5)C=C4)C=C3)c1. The second kappa shape index (κ2) is 18.3. The molecule has 3 aromatic heterocycles. The van der Waals surface area contributed by atoms with Gasteiger partial charge in [-0.05, 0) is 139 Å². The number of rotatable bonds is 10. The Morgan fingerprint density at radius 2 is 0.829 bits per heavy atom. The first kappa shape index (κ1) is 47.4. The zero-order valence-corrected chi connectivity index (χ0v) is 43.5. The second-order valence-electron chi connectivity index (χ2n) is 20.2. The molecule has 5 heterocycles. The predicted octanol–water partition coefficient (Wildman–Crippen LogP) is 12.4. The number of nitrogens with one attached hydrogen (secondary N) is 2. The number of benzene rings is 4. The van der Waals surface area contributed by atoms with E-state index in [2.05, 4.69) is 111 Å². The van der Waals surface area contributed by atoms with Crippen LogP contribution in [0, 0.1) is 20.8 Å². The molecule has 0 fully saturated rings. The summed E-state index contributed by atoms with van der Waals surface area (Å²) >= 11 is 0. The highest BCUT2D eigenvalue weighted by Gasteiger charge is 2.25. The maximum atomic E-state index is 13.5. The predicted molar refractivity (Wildman–Crippen MR) is 290 cm³/mol. The Kier molecular flexibility index (Phi) is 12.4. The summed E-state index contributed by atoms with van der Waals surface area (Å²) in [5.41, 5.74) is 16.3. The molecule has 10 nitrogen and oxygen atoms in total. The van der Waals surface area contributed by atoms with Crippen LogP contribution in [0.25, 0.3) is 90.9 Å². The molecule has 0 amide bonds. The Morgan fingerprint density at radius 3 is 1.24 bits per heavy atom. The van der Waals surface area contributed by atoms with Crippen molar-refractivity contribution in [3.8, 4) is 50.3 Å². The van der Waals surface area contributed by atoms with Gasteiger partial charge in [-0.1, -0.05) is 91.6 Å². The fraction of sp³-hybridized carbons (Fsp3) is 0.190. The summed E-state index contributed by atoms with van der Waals surface area (Å²) in [5, 5.41) is 2.42. The van der Waals surface area contributed by atoms with Gasteiger partial charge in [0.1, 0.15) is 5.75 Å². The molecule has 0 saturated carbocycles. The fourth-order valence-electron chi connectivity index (χ4n) is 9.40. The van der Waals surface area contributed by atoms with Crippen LogP contribution in [0.5, 0.6) is 5.75 Å². The maximum Gasteiger partial charge on any atom is 0.337 e. The van der Waals surface area contributed by atoms with E-state index in [-0.39, 0.29) is 0 Å². The van der Waals surface area contributed by atoms with Crippen LogP contribution in [0.15, 0.2) is 97.1 Å². The van der Waals surface area contributed by atoms with E-state index < -0.39 is 28.1 Å². The number of methoxy groups -OCH3 is 2. The quantitative estimate of drug-likeness (QED) is 0.0786. The van der Waals surface area contributed by atoms with Gasteiger partial charge in [0, 0.05) is 44.3 Å². The van der Waals surface area contributed by atoms with E-state index in [4.69, 9.17) is 24.2 Å². The summed E-state index contributed by atoms with van der Waals surface area (Å²) in [6.45, 7) is 20.4. The third-order valence-corrected chi connectivity index (χ3v) is 16.8. The molecule has 70 heavy (non-hydrogen) atoms. The molecule has 0 aliphatic carbocycles. The van der Waals surface area contributed by atoms with Gasteiger partial charge in [0.25, 0.3) is 6.47 Å². The van der Waals surface area contributed by atoms with Crippen molar-refractivity contribution < 1.29 is 28.6 Å². The summed E-state index contributed by atoms with van der Waals surface area (Å²) in [6, 6.07) is 32.5. The number of aromatic amines is 2. The Morgan fingerprint density at radius 1 is 0.471 bits per heavy atom. The van der Waals surface area contributed by atoms with Gasteiger partial charge in [-0.2, -0.15) is 0 Å². The number of aromatic nitrogens is 4. The van der Waals surface area contributed by atoms with Crippen molar-refractivity contribution in [1.29, 1.82) is 0 Å². The molecule has 0 saturated heterocycles. The number of ether oxygens (including phenoxy) is 3. The van der Waals surface area contributed by atoms with Gasteiger partial charge in [-0.25, -0.2) is 19.6 Å². The number of carbonyl (C=O) groups excluding carboxylic acids is 3. The van der Waals surface area contributed by atoms with Crippen molar-refractivity contribution in [3.05, 3.63) is 148 Å². The maximum absolute atomic E-state index is 13.5. The van der Waals surface area contributed by atoms with Crippen LogP contribution in [-0.2, 0) is 14.3 Å². The third-order valence-electron chi connectivity index (χ3n) is 12.8. The van der Waals surface area contributed by atoms with Crippen LogP contribution in [0.2, 0.25) is 39.3 Å². The molecular formula is C58H56N4O6Si2. The fourth-order valence-corrected chi connectivity index (χ4v) is 11.8. The Balaban J connectivity index is 1.51. The van der Waals surface area contributed by atoms with Crippen molar-refractivity contribution in [3.63, 3.8) is 0 Å². The molecule has 12 heteroatoms. The number of esters is 2. The highest BCUT2D eigenvalue weighted by Crippen LogP contribution is 2.40. The Labute approximate surface area is 410 Å². The number of nitrogens with zero attached hydrogens (tertiary/aromatic N) is 2. The summed E-state index contributed by atoms with van der Waals surface area (Å²) in [4.78, 5) is 57.0. The van der Waals surface area contributed by atoms with Gasteiger partial charge in [0.2, 0.25) is 0 Å². The van der Waals surface area contributed by atoms with Gasteiger partial charge >= 0.3 is 11.9 Å². The third kappa shape index (κ3) is 9.27. The van der Waals surface area contributed by atoms with E-state index in [1.165, 1.54) is 19.4 Å². The summed E-state index contributed by atoms with van der Waals surface area (Å²) < 4.78 is 16.0. The highest BCUT2D eigenvalue weighted by atomic mass is 28.3. The molecule has 4 aromatic carbocycles. The Hall–Kier alpha value is -7.68. The van der Waals surface area contributed by atoms with E-state index in [0.29, 0.717) is 40.4 Å². The van der Waals surface area contributed by atoms with Crippen LogP contribution < -0.4 is 15.1 Å². The van der Waals surface area contributed by atoms with E-state index in [1.54, 1.807) is 0 Å². The molecule has 2 aliphatic heterocycles. The van der Waals surface area contributed by atoms with Gasteiger partial charge in [0.15, 0.2) is 0 Å². The van der Waals surface area contributed by atoms with Crippen LogP contribution >= 0.6 is 0 Å². The zero-order valence-electron chi connectivity index (χ0n) is 41.5. The van der Waals surface area contributed by atoms with Gasteiger partial charge in [-0.15, -0.1) is 0 Å². The van der Waals surface area contributed by atoms with Gasteiger partial charge < -0.3 is 24.2 Å². The van der Waals surface area contributed by atoms with E-state index in [9.17, 15) is 14.4 Å². The van der Waals surface area contributed by atoms with E-state index >= 15 is 0 Å². The molecule has 2 aliphatic rings. The van der Waals surface area contributed by atoms with Gasteiger partial charge in [-0.3, -0.25) is 4.79 Å². The molecule has 2 N–H and O–H groups in total. The molecule has 352 valence electrons. The lowest BCUT2D eigenvalue weighted by Gasteiger charge is -2.19. The molecule has 0 unspecified atom stereocenters. The average molecular weight is 961 g/mol. The minimum atomic E-state index is -2.01. The summed E-state index contributed by atoms with van der Waals surface area (Å²) in [6.07, 6.45) is 8.11. The minimum absolute atomic E-state index is 0.404. The normalized spacial score (nSPS) is 12.3. The summed E-state index contributed by atoms with van der Waals surface area (Å²) in [7, 11) is -1.02. The molecule has 0 spiro atoms. The summed E-state index contributed by atoms with van der Waals surface area (Å²) in [5.74, 6) is -0.466. The Bertz CT molecular complexity index is 3570. The van der Waals surface area contributed by atoms with Crippen LogP contribution in [-0.4, -0.2) is 68.7 Å². The van der Waals surface area contributed by atoms with Crippen molar-refractivity contribution in [2.45, 2.75) is 60.1 Å². The number of aryl methyl sites for hydroxylation is 3. The first-order valence-electron chi connectivity index (χ1n) is 23.3. The first-order chi connectivity index (χ1) is 33.3. The van der Waals surface area contributed by atoms with Crippen molar-refractivity contribution in [2.75, 3.05) is 14.2 Å². The highest BCUT2D eigenvalue weighted by molar-refractivity contribution is 6.89. The lowest BCUT2D eigenvalue weighted by molar-refractivity contribution is -0.120. The number of hydrogen-bond acceptors (Lipinski definition) is 8. The molecule has 8 bridgehead atoms. The lowest BCUT2D eigenvalue weighted by atomic mass is 9.99.